The second-order valence-corrected chi connectivity index (χ2v) is 4.64. The highest BCUT2D eigenvalue weighted by atomic mass is 16.4. The lowest BCUT2D eigenvalue weighted by molar-refractivity contribution is -0.132. The number of carboxylic acids is 1. The summed E-state index contributed by atoms with van der Waals surface area (Å²) in [5, 5.41) is 25.4. The molecule has 0 aliphatic heterocycles. The second-order valence-electron chi connectivity index (χ2n) is 4.64. The molecule has 0 saturated heterocycles. The minimum Gasteiger partial charge on any atom is -0.478 e. The fourth-order valence-electron chi connectivity index (χ4n) is 1.64. The molecule has 0 aliphatic carbocycles. The predicted octanol–water partition coefficient (Wildman–Crippen LogP) is 3.21. The van der Waals surface area contributed by atoms with Crippen LogP contribution in [0.25, 0.3) is 17.0 Å². The second kappa shape index (κ2) is 7.00. The Morgan fingerprint density at radius 1 is 1.35 bits per heavy atom. The van der Waals surface area contributed by atoms with Gasteiger partial charge in [0.2, 0.25) is 11.8 Å². The average Bonchev–Trinajstić information content (AvgIpc) is 3.04. The highest BCUT2D eigenvalue weighted by molar-refractivity contribution is 5.89. The summed E-state index contributed by atoms with van der Waals surface area (Å²) in [5.41, 5.74) is 1.93. The molecule has 114 valence electrons. The van der Waals surface area contributed by atoms with Crippen LogP contribution < -0.4 is 0 Å². The molecule has 1 N–H and O–H groups in total. The molecule has 0 radical (unpaired) electrons. The summed E-state index contributed by atoms with van der Waals surface area (Å²) in [6, 6.07) is 8.83. The lowest BCUT2D eigenvalue weighted by atomic mass is 10.1. The number of nitrogens with zero attached hydrogens (tertiary/aromatic N) is 3. The molecule has 0 atom stereocenters. The maximum atomic E-state index is 10.6. The van der Waals surface area contributed by atoms with E-state index in [1.54, 1.807) is 43.3 Å². The van der Waals surface area contributed by atoms with Gasteiger partial charge in [0, 0.05) is 11.1 Å². The van der Waals surface area contributed by atoms with Crippen molar-refractivity contribution in [3.8, 4) is 17.5 Å². The molecular formula is C17H13N3O3. The highest BCUT2D eigenvalue weighted by Crippen LogP contribution is 2.21. The number of hydrogen-bond acceptors (Lipinski definition) is 5. The van der Waals surface area contributed by atoms with Crippen LogP contribution in [0.5, 0.6) is 0 Å². The fourth-order valence-corrected chi connectivity index (χ4v) is 1.64. The smallest absolute Gasteiger partial charge is 0.335 e. The number of carboxylic acid groups (broad SMARTS) is 1. The number of aromatic nitrogens is 2. The Labute approximate surface area is 132 Å². The van der Waals surface area contributed by atoms with Crippen LogP contribution in [0.15, 0.2) is 59.1 Å². The van der Waals surface area contributed by atoms with E-state index in [2.05, 4.69) is 16.8 Å². The third kappa shape index (κ3) is 4.02. The van der Waals surface area contributed by atoms with Gasteiger partial charge >= 0.3 is 5.97 Å². The minimum absolute atomic E-state index is 0.0159. The van der Waals surface area contributed by atoms with Crippen molar-refractivity contribution in [2.75, 3.05) is 0 Å². The molecule has 2 aromatic rings. The summed E-state index contributed by atoms with van der Waals surface area (Å²) >= 11 is 0. The van der Waals surface area contributed by atoms with E-state index in [0.29, 0.717) is 28.5 Å². The summed E-state index contributed by atoms with van der Waals surface area (Å²) in [6.45, 7) is 5.16. The third-order valence-corrected chi connectivity index (χ3v) is 2.94. The molecule has 0 unspecified atom stereocenters. The van der Waals surface area contributed by atoms with Crippen LogP contribution >= 0.6 is 0 Å². The van der Waals surface area contributed by atoms with Crippen LogP contribution in [0.2, 0.25) is 0 Å². The van der Waals surface area contributed by atoms with Gasteiger partial charge in [-0.05, 0) is 37.3 Å². The van der Waals surface area contributed by atoms with Crippen molar-refractivity contribution in [3.05, 3.63) is 66.1 Å². The molecule has 23 heavy (non-hydrogen) atoms. The zero-order valence-corrected chi connectivity index (χ0v) is 12.4. The van der Waals surface area contributed by atoms with Gasteiger partial charge in [-0.3, -0.25) is 0 Å². The highest BCUT2D eigenvalue weighted by Gasteiger charge is 2.09. The molecule has 0 amide bonds. The first-order valence-electron chi connectivity index (χ1n) is 6.63. The minimum atomic E-state index is -1.08. The van der Waals surface area contributed by atoms with E-state index in [1.807, 2.05) is 6.07 Å². The van der Waals surface area contributed by atoms with Crippen LogP contribution in [0, 0.1) is 11.3 Å². The normalized spacial score (nSPS) is 11.4. The Hall–Kier alpha value is -3.46. The summed E-state index contributed by atoms with van der Waals surface area (Å²) in [4.78, 5) is 10.6. The van der Waals surface area contributed by atoms with Crippen LogP contribution in [0.3, 0.4) is 0 Å². The van der Waals surface area contributed by atoms with E-state index in [9.17, 15) is 4.79 Å². The Bertz CT molecular complexity index is 837. The van der Waals surface area contributed by atoms with Crippen molar-refractivity contribution in [3.63, 3.8) is 0 Å². The van der Waals surface area contributed by atoms with Crippen LogP contribution in [0.4, 0.5) is 0 Å². The average molecular weight is 307 g/mol. The van der Waals surface area contributed by atoms with Crippen LogP contribution in [-0.2, 0) is 4.79 Å². The van der Waals surface area contributed by atoms with Gasteiger partial charge in [0.05, 0.1) is 17.2 Å². The zero-order valence-electron chi connectivity index (χ0n) is 12.4. The molecule has 0 spiro atoms. The summed E-state index contributed by atoms with van der Waals surface area (Å²) < 4.78 is 5.56. The van der Waals surface area contributed by atoms with E-state index >= 15 is 0 Å². The van der Waals surface area contributed by atoms with Gasteiger partial charge in [-0.2, -0.15) is 5.26 Å². The standard InChI is InChI=1S/C17H13N3O3/c1-11(4-3-5-12(2)17(21)22)15-19-20-16(23-15)14-8-6-13(10-18)7-9-14/h3-9H,2H2,1H3,(H,21,22)/b5-3-,11-4+. The molecule has 2 rings (SSSR count). The Kier molecular flexibility index (Phi) is 4.85. The Morgan fingerprint density at radius 3 is 2.65 bits per heavy atom. The molecule has 0 saturated carbocycles. The van der Waals surface area contributed by atoms with Gasteiger partial charge < -0.3 is 9.52 Å². The van der Waals surface area contributed by atoms with E-state index in [-0.39, 0.29) is 5.57 Å². The number of aliphatic carboxylic acids is 1. The first kappa shape index (κ1) is 15.9. The van der Waals surface area contributed by atoms with Crippen molar-refractivity contribution in [2.24, 2.45) is 0 Å². The van der Waals surface area contributed by atoms with Crippen molar-refractivity contribution in [2.45, 2.75) is 6.92 Å². The lowest BCUT2D eigenvalue weighted by Gasteiger charge is -1.94. The van der Waals surface area contributed by atoms with E-state index in [4.69, 9.17) is 14.8 Å². The number of carbonyl (C=O) groups is 1. The Morgan fingerprint density at radius 2 is 2.04 bits per heavy atom. The summed E-state index contributed by atoms with van der Waals surface area (Å²) in [6.07, 6.45) is 4.59. The van der Waals surface area contributed by atoms with Crippen molar-refractivity contribution < 1.29 is 14.3 Å². The maximum Gasteiger partial charge on any atom is 0.335 e. The van der Waals surface area contributed by atoms with Gasteiger partial charge in [-0.25, -0.2) is 4.79 Å². The van der Waals surface area contributed by atoms with Crippen molar-refractivity contribution in [1.82, 2.24) is 10.2 Å². The molecule has 6 heteroatoms. The van der Waals surface area contributed by atoms with E-state index in [1.165, 1.54) is 6.08 Å². The number of benzene rings is 1. The predicted molar refractivity (Wildman–Crippen MR) is 84.0 cm³/mol. The van der Waals surface area contributed by atoms with Gasteiger partial charge in [0.15, 0.2) is 0 Å². The largest absolute Gasteiger partial charge is 0.478 e. The van der Waals surface area contributed by atoms with Gasteiger partial charge in [0.25, 0.3) is 0 Å². The van der Waals surface area contributed by atoms with Gasteiger partial charge in [-0.1, -0.05) is 18.7 Å². The van der Waals surface area contributed by atoms with Crippen LogP contribution in [0.1, 0.15) is 18.4 Å². The molecule has 0 fully saturated rings. The van der Waals surface area contributed by atoms with Gasteiger partial charge in [-0.15, -0.1) is 10.2 Å². The molecule has 1 aromatic heterocycles. The van der Waals surface area contributed by atoms with Crippen LogP contribution in [-0.4, -0.2) is 21.3 Å². The zero-order chi connectivity index (χ0) is 16.8. The number of nitriles is 1. The molecular weight excluding hydrogens is 294 g/mol. The Balaban J connectivity index is 2.16. The van der Waals surface area contributed by atoms with Gasteiger partial charge in [0.1, 0.15) is 0 Å². The monoisotopic (exact) mass is 307 g/mol. The third-order valence-electron chi connectivity index (χ3n) is 2.94. The number of hydrogen-bond donors (Lipinski definition) is 1. The first-order valence-corrected chi connectivity index (χ1v) is 6.63. The fraction of sp³-hybridized carbons (Fsp3) is 0.0588. The lowest BCUT2D eigenvalue weighted by Crippen LogP contribution is -1.94. The molecule has 1 aromatic carbocycles. The quantitative estimate of drug-likeness (QED) is 0.672. The van der Waals surface area contributed by atoms with E-state index < -0.39 is 5.97 Å². The molecule has 6 nitrogen and oxygen atoms in total. The molecule has 0 bridgehead atoms. The molecule has 0 aliphatic rings. The maximum absolute atomic E-state index is 10.6. The summed E-state index contributed by atoms with van der Waals surface area (Å²) in [7, 11) is 0. The first-order chi connectivity index (χ1) is 11.0. The topological polar surface area (TPSA) is 100 Å². The SMILES string of the molecule is C=C(/C=C\C=C(/C)c1nnc(-c2ccc(C#N)cc2)o1)C(=O)O. The number of rotatable bonds is 5. The van der Waals surface area contributed by atoms with Crippen molar-refractivity contribution in [1.29, 1.82) is 5.26 Å². The summed E-state index contributed by atoms with van der Waals surface area (Å²) in [5.74, 6) is -0.403. The van der Waals surface area contributed by atoms with Crippen molar-refractivity contribution >= 4 is 11.5 Å². The van der Waals surface area contributed by atoms with E-state index in [0.717, 1.165) is 0 Å². The number of allylic oxidation sites excluding steroid dienone is 3. The molecule has 1 heterocycles.